The van der Waals surface area contributed by atoms with Crippen LogP contribution < -0.4 is 0 Å². The Labute approximate surface area is 170 Å². The predicted octanol–water partition coefficient (Wildman–Crippen LogP) is 1.90. The summed E-state index contributed by atoms with van der Waals surface area (Å²) in [5.41, 5.74) is -1.72. The zero-order valence-corrected chi connectivity index (χ0v) is 17.5. The lowest BCUT2D eigenvalue weighted by molar-refractivity contribution is -0.286. The molecular weight excluding hydrogens is 380 g/mol. The van der Waals surface area contributed by atoms with Gasteiger partial charge in [-0.15, -0.1) is 0 Å². The number of rotatable bonds is 4. The minimum atomic E-state index is -1.90. The van der Waals surface area contributed by atoms with Gasteiger partial charge in [0.2, 0.25) is 5.79 Å². The summed E-state index contributed by atoms with van der Waals surface area (Å²) >= 11 is 0. The Kier molecular flexibility index (Phi) is 5.34. The molecule has 1 aliphatic heterocycles. The third-order valence-electron chi connectivity index (χ3n) is 7.16. The number of esters is 2. The van der Waals surface area contributed by atoms with Crippen LogP contribution in [0.5, 0.6) is 0 Å². The smallest absolute Gasteiger partial charge is 0.336 e. The van der Waals surface area contributed by atoms with Crippen LogP contribution in [0, 0.1) is 11.3 Å². The van der Waals surface area contributed by atoms with Gasteiger partial charge in [0.15, 0.2) is 0 Å². The summed E-state index contributed by atoms with van der Waals surface area (Å²) in [6, 6.07) is 0. The van der Waals surface area contributed by atoms with Gasteiger partial charge < -0.3 is 29.5 Å². The van der Waals surface area contributed by atoms with Gasteiger partial charge in [0, 0.05) is 36.0 Å². The normalized spacial score (nSPS) is 42.2. The lowest BCUT2D eigenvalue weighted by Crippen LogP contribution is -2.70. The number of fused-ring (bicyclic) bond motifs is 2. The second-order valence-electron chi connectivity index (χ2n) is 8.72. The van der Waals surface area contributed by atoms with Gasteiger partial charge in [-0.05, 0) is 32.8 Å². The number of carbonyl (C=O) groups is 2. The van der Waals surface area contributed by atoms with Gasteiger partial charge in [-0.25, -0.2) is 4.79 Å². The van der Waals surface area contributed by atoms with E-state index in [2.05, 4.69) is 0 Å². The Balaban J connectivity index is 1.96. The molecule has 2 saturated carbocycles. The van der Waals surface area contributed by atoms with E-state index < -0.39 is 40.9 Å². The third-order valence-corrected chi connectivity index (χ3v) is 7.16. The van der Waals surface area contributed by atoms with Crippen molar-refractivity contribution in [3.63, 3.8) is 0 Å². The van der Waals surface area contributed by atoms with Crippen LogP contribution in [0.2, 0.25) is 0 Å². The van der Waals surface area contributed by atoms with E-state index in [0.717, 1.165) is 0 Å². The number of aliphatic hydroxyl groups excluding tert-OH is 1. The molecule has 8 nitrogen and oxygen atoms in total. The maximum atomic E-state index is 12.2. The van der Waals surface area contributed by atoms with Gasteiger partial charge >= 0.3 is 11.9 Å². The van der Waals surface area contributed by atoms with E-state index in [1.54, 1.807) is 6.92 Å². The van der Waals surface area contributed by atoms with Crippen molar-refractivity contribution in [2.75, 3.05) is 7.11 Å². The Hall–Kier alpha value is -1.90. The molecule has 2 fully saturated rings. The Morgan fingerprint density at radius 2 is 2.03 bits per heavy atom. The number of hydrogen-bond acceptors (Lipinski definition) is 8. The van der Waals surface area contributed by atoms with Crippen LogP contribution in [-0.4, -0.2) is 58.0 Å². The summed E-state index contributed by atoms with van der Waals surface area (Å²) in [6.45, 7) is 6.76. The number of ether oxygens (including phenoxy) is 3. The van der Waals surface area contributed by atoms with E-state index in [1.165, 1.54) is 20.1 Å². The molecular formula is C21H30O8. The van der Waals surface area contributed by atoms with E-state index in [-0.39, 0.29) is 36.5 Å². The van der Waals surface area contributed by atoms with Crippen molar-refractivity contribution in [3.8, 4) is 0 Å². The van der Waals surface area contributed by atoms with Crippen LogP contribution in [0.3, 0.4) is 0 Å². The molecule has 1 heterocycles. The number of carbonyl (C=O) groups excluding carboxylic acids is 2. The van der Waals surface area contributed by atoms with E-state index >= 15 is 0 Å². The molecule has 0 bridgehead atoms. The number of allylic oxidation sites excluding steroid dienone is 1. The standard InChI is InChI=1S/C21H30O8/c1-11(22)6-7-15(23)28-14-8-9-20(25)10-21(26)16(12(2)18(24)29-21)17(27-5)19(20,4)13(14)3/h6,13-14,17,22,25-26H,7-10H2,1-5H3. The predicted molar refractivity (Wildman–Crippen MR) is 101 cm³/mol. The molecule has 3 aliphatic rings. The maximum Gasteiger partial charge on any atom is 0.336 e. The molecule has 0 radical (unpaired) electrons. The van der Waals surface area contributed by atoms with Crippen molar-refractivity contribution in [3.05, 3.63) is 23.0 Å². The lowest BCUT2D eigenvalue weighted by atomic mass is 9.49. The molecule has 0 aromatic heterocycles. The number of methoxy groups -OCH3 is 1. The van der Waals surface area contributed by atoms with Gasteiger partial charge in [0.1, 0.15) is 6.10 Å². The van der Waals surface area contributed by atoms with Gasteiger partial charge in [-0.1, -0.05) is 13.8 Å². The Morgan fingerprint density at radius 1 is 1.38 bits per heavy atom. The molecule has 29 heavy (non-hydrogen) atoms. The fourth-order valence-corrected chi connectivity index (χ4v) is 5.36. The van der Waals surface area contributed by atoms with Gasteiger partial charge in [0.05, 0.1) is 23.9 Å². The zero-order chi connectivity index (χ0) is 21.8. The lowest BCUT2D eigenvalue weighted by Gasteiger charge is -2.62. The van der Waals surface area contributed by atoms with Crippen LogP contribution in [-0.2, 0) is 23.8 Å². The second-order valence-corrected chi connectivity index (χ2v) is 8.72. The second kappa shape index (κ2) is 7.11. The number of aliphatic hydroxyl groups is 3. The first-order valence-corrected chi connectivity index (χ1v) is 9.87. The summed E-state index contributed by atoms with van der Waals surface area (Å²) in [6.07, 6.45) is 0.518. The molecule has 8 heteroatoms. The first-order valence-electron chi connectivity index (χ1n) is 9.87. The molecule has 162 valence electrons. The average Bonchev–Trinajstić information content (AvgIpc) is 2.84. The topological polar surface area (TPSA) is 123 Å². The molecule has 0 spiro atoms. The van der Waals surface area contributed by atoms with E-state index in [1.807, 2.05) is 13.8 Å². The summed E-state index contributed by atoms with van der Waals surface area (Å²) in [5.74, 6) is -3.30. The average molecular weight is 410 g/mol. The van der Waals surface area contributed by atoms with Crippen molar-refractivity contribution in [2.24, 2.45) is 11.3 Å². The van der Waals surface area contributed by atoms with Crippen LogP contribution in [0.15, 0.2) is 23.0 Å². The molecule has 0 saturated heterocycles. The molecule has 6 atom stereocenters. The summed E-state index contributed by atoms with van der Waals surface area (Å²) in [7, 11) is 1.46. The van der Waals surface area contributed by atoms with Gasteiger partial charge in [-0.3, -0.25) is 4.79 Å². The maximum absolute atomic E-state index is 12.2. The van der Waals surface area contributed by atoms with Crippen LogP contribution in [0.1, 0.15) is 53.4 Å². The minimum absolute atomic E-state index is 0.0410. The Bertz CT molecular complexity index is 782. The fraction of sp³-hybridized carbons (Fsp3) is 0.714. The van der Waals surface area contributed by atoms with Gasteiger partial charge in [0.25, 0.3) is 0 Å². The van der Waals surface area contributed by atoms with Crippen molar-refractivity contribution in [1.82, 2.24) is 0 Å². The highest BCUT2D eigenvalue weighted by atomic mass is 16.7. The molecule has 2 aliphatic carbocycles. The third kappa shape index (κ3) is 3.17. The highest BCUT2D eigenvalue weighted by Gasteiger charge is 2.70. The summed E-state index contributed by atoms with van der Waals surface area (Å²) in [5, 5.41) is 31.9. The largest absolute Gasteiger partial charge is 0.513 e. The van der Waals surface area contributed by atoms with Crippen molar-refractivity contribution in [2.45, 2.75) is 77.0 Å². The quantitative estimate of drug-likeness (QED) is 0.474. The first kappa shape index (κ1) is 21.8. The van der Waals surface area contributed by atoms with E-state index in [0.29, 0.717) is 12.0 Å². The molecule has 3 N–H and O–H groups in total. The Morgan fingerprint density at radius 3 is 2.62 bits per heavy atom. The van der Waals surface area contributed by atoms with Crippen LogP contribution in [0.25, 0.3) is 0 Å². The molecule has 0 aromatic rings. The summed E-state index contributed by atoms with van der Waals surface area (Å²) < 4.78 is 16.6. The van der Waals surface area contributed by atoms with E-state index in [4.69, 9.17) is 14.2 Å². The fourth-order valence-electron chi connectivity index (χ4n) is 5.36. The van der Waals surface area contributed by atoms with Crippen LogP contribution >= 0.6 is 0 Å². The highest BCUT2D eigenvalue weighted by molar-refractivity contribution is 5.92. The van der Waals surface area contributed by atoms with Gasteiger partial charge in [-0.2, -0.15) is 0 Å². The molecule has 3 rings (SSSR count). The van der Waals surface area contributed by atoms with Crippen molar-refractivity contribution < 1.29 is 39.1 Å². The highest BCUT2D eigenvalue weighted by Crippen LogP contribution is 2.62. The monoisotopic (exact) mass is 410 g/mol. The van der Waals surface area contributed by atoms with Crippen molar-refractivity contribution in [1.29, 1.82) is 0 Å². The molecule has 0 amide bonds. The molecule has 0 aromatic carbocycles. The van der Waals surface area contributed by atoms with Crippen molar-refractivity contribution >= 4 is 11.9 Å². The first-order chi connectivity index (χ1) is 13.4. The van der Waals surface area contributed by atoms with Crippen LogP contribution in [0.4, 0.5) is 0 Å². The zero-order valence-electron chi connectivity index (χ0n) is 17.5. The number of hydrogen-bond donors (Lipinski definition) is 3. The minimum Gasteiger partial charge on any atom is -0.513 e. The van der Waals surface area contributed by atoms with E-state index in [9.17, 15) is 24.9 Å². The molecule has 6 unspecified atom stereocenters. The summed E-state index contributed by atoms with van der Waals surface area (Å²) in [4.78, 5) is 24.4. The SMILES string of the molecule is COC1C2=C(C)C(=O)OC2(O)CC2(O)CCC(OC(=O)CC=C(C)O)C(C)C12C.